The van der Waals surface area contributed by atoms with Crippen LogP contribution in [0.25, 0.3) is 0 Å². The minimum absolute atomic E-state index is 0.437. The lowest BCUT2D eigenvalue weighted by atomic mass is 10.1. The first-order valence-corrected chi connectivity index (χ1v) is 9.83. The van der Waals surface area contributed by atoms with Crippen molar-refractivity contribution < 1.29 is 0 Å². The standard InChI is InChI=1S/C20H26BrN5/c1-15-13-17(21)7-6-16(15)14-24-20(22-2)25-18-8-11-26(12-9-18)19-5-3-4-10-23-19/h3-7,10,13,18H,8-9,11-12,14H2,1-2H3,(H2,22,24,25). The van der Waals surface area contributed by atoms with Crippen molar-refractivity contribution >= 4 is 27.7 Å². The minimum Gasteiger partial charge on any atom is -0.356 e. The fraction of sp³-hybridized carbons (Fsp3) is 0.400. The minimum atomic E-state index is 0.437. The van der Waals surface area contributed by atoms with E-state index in [2.05, 4.69) is 72.6 Å². The van der Waals surface area contributed by atoms with Gasteiger partial charge < -0.3 is 15.5 Å². The number of hydrogen-bond donors (Lipinski definition) is 2. The zero-order valence-electron chi connectivity index (χ0n) is 15.4. The molecule has 0 spiro atoms. The highest BCUT2D eigenvalue weighted by Crippen LogP contribution is 2.18. The molecule has 2 heterocycles. The van der Waals surface area contributed by atoms with Crippen LogP contribution in [0.1, 0.15) is 24.0 Å². The number of piperidine rings is 1. The Morgan fingerprint density at radius 2 is 2.08 bits per heavy atom. The summed E-state index contributed by atoms with van der Waals surface area (Å²) in [6, 6.07) is 12.9. The molecule has 1 aromatic heterocycles. The van der Waals surface area contributed by atoms with E-state index < -0.39 is 0 Å². The fourth-order valence-corrected chi connectivity index (χ4v) is 3.69. The van der Waals surface area contributed by atoms with Crippen LogP contribution in [0.4, 0.5) is 5.82 Å². The van der Waals surface area contributed by atoms with E-state index >= 15 is 0 Å². The van der Waals surface area contributed by atoms with Crippen molar-refractivity contribution in [2.24, 2.45) is 4.99 Å². The lowest BCUT2D eigenvalue weighted by molar-refractivity contribution is 0.459. The molecule has 1 aromatic carbocycles. The van der Waals surface area contributed by atoms with Gasteiger partial charge in [0.1, 0.15) is 5.82 Å². The number of nitrogens with zero attached hydrogens (tertiary/aromatic N) is 3. The van der Waals surface area contributed by atoms with E-state index in [1.165, 1.54) is 11.1 Å². The van der Waals surface area contributed by atoms with E-state index in [0.29, 0.717) is 6.04 Å². The summed E-state index contributed by atoms with van der Waals surface area (Å²) in [7, 11) is 1.83. The molecule has 5 nitrogen and oxygen atoms in total. The van der Waals surface area contributed by atoms with E-state index in [-0.39, 0.29) is 0 Å². The van der Waals surface area contributed by atoms with Crippen molar-refractivity contribution in [1.29, 1.82) is 0 Å². The van der Waals surface area contributed by atoms with Gasteiger partial charge in [-0.1, -0.05) is 28.1 Å². The molecule has 26 heavy (non-hydrogen) atoms. The number of nitrogens with one attached hydrogen (secondary N) is 2. The Morgan fingerprint density at radius 1 is 1.27 bits per heavy atom. The van der Waals surface area contributed by atoms with Crippen LogP contribution >= 0.6 is 15.9 Å². The van der Waals surface area contributed by atoms with Gasteiger partial charge in [-0.2, -0.15) is 0 Å². The van der Waals surface area contributed by atoms with Gasteiger partial charge in [-0.3, -0.25) is 4.99 Å². The summed E-state index contributed by atoms with van der Waals surface area (Å²) in [5, 5.41) is 7.00. The Labute approximate surface area is 164 Å². The Balaban J connectivity index is 1.48. The van der Waals surface area contributed by atoms with Crippen LogP contribution in [-0.2, 0) is 6.54 Å². The van der Waals surface area contributed by atoms with E-state index in [9.17, 15) is 0 Å². The van der Waals surface area contributed by atoms with E-state index in [1.807, 2.05) is 25.4 Å². The molecule has 0 radical (unpaired) electrons. The second-order valence-corrected chi connectivity index (χ2v) is 7.51. The summed E-state index contributed by atoms with van der Waals surface area (Å²) >= 11 is 3.51. The number of anilines is 1. The normalized spacial score (nSPS) is 15.8. The molecule has 1 aliphatic heterocycles. The average Bonchev–Trinajstić information content (AvgIpc) is 2.67. The highest BCUT2D eigenvalue weighted by molar-refractivity contribution is 9.10. The topological polar surface area (TPSA) is 52.6 Å². The molecule has 2 N–H and O–H groups in total. The van der Waals surface area contributed by atoms with Crippen LogP contribution in [0, 0.1) is 6.92 Å². The Morgan fingerprint density at radius 3 is 2.73 bits per heavy atom. The molecular formula is C20H26BrN5. The third-order valence-electron chi connectivity index (χ3n) is 4.78. The fourth-order valence-electron chi connectivity index (χ4n) is 3.22. The van der Waals surface area contributed by atoms with Crippen molar-refractivity contribution in [2.75, 3.05) is 25.0 Å². The number of guanidine groups is 1. The Bertz CT molecular complexity index is 739. The summed E-state index contributed by atoms with van der Waals surface area (Å²) in [6.45, 7) is 4.92. The van der Waals surface area contributed by atoms with E-state index in [0.717, 1.165) is 48.7 Å². The number of pyridine rings is 1. The summed E-state index contributed by atoms with van der Waals surface area (Å²) in [4.78, 5) is 11.2. The van der Waals surface area contributed by atoms with Gasteiger partial charge in [0.2, 0.25) is 0 Å². The molecule has 1 saturated heterocycles. The molecule has 1 aliphatic rings. The van der Waals surface area contributed by atoms with Gasteiger partial charge in [0, 0.05) is 43.4 Å². The average molecular weight is 416 g/mol. The predicted octanol–water partition coefficient (Wildman–Crippen LogP) is 3.49. The third-order valence-corrected chi connectivity index (χ3v) is 5.28. The first-order chi connectivity index (χ1) is 12.7. The predicted molar refractivity (Wildman–Crippen MR) is 112 cm³/mol. The summed E-state index contributed by atoms with van der Waals surface area (Å²) < 4.78 is 1.11. The van der Waals surface area contributed by atoms with Gasteiger partial charge in [0.05, 0.1) is 0 Å². The largest absolute Gasteiger partial charge is 0.356 e. The van der Waals surface area contributed by atoms with Crippen molar-refractivity contribution in [3.63, 3.8) is 0 Å². The quantitative estimate of drug-likeness (QED) is 0.592. The van der Waals surface area contributed by atoms with Crippen LogP contribution < -0.4 is 15.5 Å². The smallest absolute Gasteiger partial charge is 0.191 e. The number of aromatic nitrogens is 1. The van der Waals surface area contributed by atoms with Crippen LogP contribution in [0.5, 0.6) is 0 Å². The van der Waals surface area contributed by atoms with Crippen molar-refractivity contribution in [3.8, 4) is 0 Å². The molecule has 1 fully saturated rings. The molecule has 6 heteroatoms. The zero-order valence-corrected chi connectivity index (χ0v) is 17.0. The maximum atomic E-state index is 4.45. The number of halogens is 1. The SMILES string of the molecule is CN=C(NCc1ccc(Br)cc1C)NC1CCN(c2ccccn2)CC1. The second kappa shape index (κ2) is 9.03. The van der Waals surface area contributed by atoms with Gasteiger partial charge in [0.15, 0.2) is 5.96 Å². The molecule has 0 amide bonds. The molecule has 3 rings (SSSR count). The van der Waals surface area contributed by atoms with Gasteiger partial charge in [-0.05, 0) is 55.2 Å². The van der Waals surface area contributed by atoms with Crippen LogP contribution in [0.3, 0.4) is 0 Å². The molecule has 0 atom stereocenters. The molecule has 0 aliphatic carbocycles. The first kappa shape index (κ1) is 18.7. The van der Waals surface area contributed by atoms with Crippen molar-refractivity contribution in [2.45, 2.75) is 32.4 Å². The van der Waals surface area contributed by atoms with Crippen molar-refractivity contribution in [3.05, 3.63) is 58.2 Å². The van der Waals surface area contributed by atoms with Gasteiger partial charge in [-0.15, -0.1) is 0 Å². The summed E-state index contributed by atoms with van der Waals surface area (Å²) in [5.41, 5.74) is 2.55. The summed E-state index contributed by atoms with van der Waals surface area (Å²) in [5.74, 6) is 1.93. The molecule has 2 aromatic rings. The van der Waals surface area contributed by atoms with Crippen molar-refractivity contribution in [1.82, 2.24) is 15.6 Å². The number of aryl methyl sites for hydroxylation is 1. The Kier molecular flexibility index (Phi) is 6.50. The van der Waals surface area contributed by atoms with Gasteiger partial charge in [-0.25, -0.2) is 4.98 Å². The number of rotatable bonds is 4. The highest BCUT2D eigenvalue weighted by Gasteiger charge is 2.20. The highest BCUT2D eigenvalue weighted by atomic mass is 79.9. The maximum Gasteiger partial charge on any atom is 0.191 e. The molecule has 0 bridgehead atoms. The second-order valence-electron chi connectivity index (χ2n) is 6.59. The van der Waals surface area contributed by atoms with Gasteiger partial charge in [0.25, 0.3) is 0 Å². The summed E-state index contributed by atoms with van der Waals surface area (Å²) in [6.07, 6.45) is 4.01. The van der Waals surface area contributed by atoms with Crippen LogP contribution in [0.2, 0.25) is 0 Å². The lowest BCUT2D eigenvalue weighted by Gasteiger charge is -2.33. The molecule has 0 saturated carbocycles. The van der Waals surface area contributed by atoms with Gasteiger partial charge >= 0.3 is 0 Å². The van der Waals surface area contributed by atoms with Crippen LogP contribution in [0.15, 0.2) is 52.1 Å². The van der Waals surface area contributed by atoms with E-state index in [4.69, 9.17) is 0 Å². The van der Waals surface area contributed by atoms with Crippen LogP contribution in [-0.4, -0.2) is 37.1 Å². The number of benzene rings is 1. The lowest BCUT2D eigenvalue weighted by Crippen LogP contribution is -2.48. The first-order valence-electron chi connectivity index (χ1n) is 9.04. The number of hydrogen-bond acceptors (Lipinski definition) is 3. The maximum absolute atomic E-state index is 4.45. The zero-order chi connectivity index (χ0) is 18.4. The molecule has 0 unspecified atom stereocenters. The third kappa shape index (κ3) is 4.97. The Hall–Kier alpha value is -2.08. The van der Waals surface area contributed by atoms with E-state index in [1.54, 1.807) is 0 Å². The molecular weight excluding hydrogens is 390 g/mol. The monoisotopic (exact) mass is 415 g/mol. The number of aliphatic imine (C=N–C) groups is 1. The molecule has 138 valence electrons.